The predicted octanol–water partition coefficient (Wildman–Crippen LogP) is 5.11. The number of benzene rings is 2. The number of carbonyl (C=O) groups excluding carboxylic acids is 1. The Bertz CT molecular complexity index is 951. The highest BCUT2D eigenvalue weighted by atomic mass is 79.9. The number of hydrogen-bond donors (Lipinski definition) is 0. The van der Waals surface area contributed by atoms with Gasteiger partial charge in [-0.3, -0.25) is 4.79 Å². The van der Waals surface area contributed by atoms with Crippen LogP contribution >= 0.6 is 15.9 Å². The number of rotatable bonds is 2. The minimum Gasteiger partial charge on any atom is -0.451 e. The minimum atomic E-state index is -0.122. The predicted molar refractivity (Wildman–Crippen MR) is 104 cm³/mol. The zero-order chi connectivity index (χ0) is 18.3. The van der Waals surface area contributed by atoms with E-state index in [1.54, 1.807) is 0 Å². The lowest BCUT2D eigenvalue weighted by Gasteiger charge is -2.36. The molecule has 0 aliphatic carbocycles. The van der Waals surface area contributed by atoms with Crippen molar-refractivity contribution < 1.29 is 13.9 Å². The fourth-order valence-electron chi connectivity index (χ4n) is 3.51. The number of carbonyl (C=O) groups is 1. The lowest BCUT2D eigenvalue weighted by atomic mass is 10.1. The number of furan rings is 1. The molecule has 2 unspecified atom stereocenters. The van der Waals surface area contributed by atoms with Crippen molar-refractivity contribution in [1.29, 1.82) is 0 Å². The molecule has 0 spiro atoms. The molecular weight excluding hydrogens is 394 g/mol. The van der Waals surface area contributed by atoms with Crippen LogP contribution in [0.1, 0.15) is 34.7 Å². The standard InChI is InChI=1S/C21H20BrNO3/c1-13-11-23(12-19(25-13)15-6-4-3-5-7-15)21(24)20-14(2)17-10-16(22)8-9-18(17)26-20/h3-10,13,19H,11-12H2,1-2H3. The van der Waals surface area contributed by atoms with E-state index in [0.717, 1.165) is 26.6 Å². The summed E-state index contributed by atoms with van der Waals surface area (Å²) in [6, 6.07) is 15.8. The molecule has 3 aromatic rings. The number of amides is 1. The fourth-order valence-corrected chi connectivity index (χ4v) is 3.87. The molecule has 5 heteroatoms. The molecule has 1 aliphatic rings. The van der Waals surface area contributed by atoms with Gasteiger partial charge in [0.2, 0.25) is 0 Å². The molecule has 4 nitrogen and oxygen atoms in total. The lowest BCUT2D eigenvalue weighted by molar-refractivity contribution is -0.0697. The van der Waals surface area contributed by atoms with Gasteiger partial charge in [0.25, 0.3) is 5.91 Å². The van der Waals surface area contributed by atoms with Crippen molar-refractivity contribution in [1.82, 2.24) is 4.90 Å². The van der Waals surface area contributed by atoms with Crippen LogP contribution in [0.5, 0.6) is 0 Å². The van der Waals surface area contributed by atoms with E-state index in [-0.39, 0.29) is 18.1 Å². The fraction of sp³-hybridized carbons (Fsp3) is 0.286. The van der Waals surface area contributed by atoms with Crippen molar-refractivity contribution >= 4 is 32.8 Å². The molecule has 4 rings (SSSR count). The molecule has 1 aromatic heterocycles. The van der Waals surface area contributed by atoms with Crippen LogP contribution in [0.2, 0.25) is 0 Å². The first kappa shape index (κ1) is 17.3. The van der Waals surface area contributed by atoms with Crippen molar-refractivity contribution in [2.24, 2.45) is 0 Å². The molecule has 2 atom stereocenters. The molecule has 1 fully saturated rings. The average molecular weight is 414 g/mol. The Morgan fingerprint density at radius 1 is 1.15 bits per heavy atom. The molecule has 0 radical (unpaired) electrons. The second-order valence-corrected chi connectivity index (χ2v) is 7.67. The molecule has 0 N–H and O–H groups in total. The van der Waals surface area contributed by atoms with Crippen LogP contribution in [-0.4, -0.2) is 30.0 Å². The largest absolute Gasteiger partial charge is 0.451 e. The zero-order valence-corrected chi connectivity index (χ0v) is 16.3. The van der Waals surface area contributed by atoms with Gasteiger partial charge in [-0.1, -0.05) is 46.3 Å². The molecule has 2 aromatic carbocycles. The highest BCUT2D eigenvalue weighted by molar-refractivity contribution is 9.10. The Labute approximate surface area is 160 Å². The molecule has 134 valence electrons. The van der Waals surface area contributed by atoms with Crippen molar-refractivity contribution in [3.05, 3.63) is 69.9 Å². The van der Waals surface area contributed by atoms with E-state index < -0.39 is 0 Å². The second kappa shape index (κ2) is 6.89. The smallest absolute Gasteiger partial charge is 0.290 e. The summed E-state index contributed by atoms with van der Waals surface area (Å²) in [6.07, 6.45) is -0.153. The van der Waals surface area contributed by atoms with Crippen LogP contribution in [-0.2, 0) is 4.74 Å². The third-order valence-electron chi connectivity index (χ3n) is 4.81. The van der Waals surface area contributed by atoms with Gasteiger partial charge in [0.15, 0.2) is 5.76 Å². The number of halogens is 1. The highest BCUT2D eigenvalue weighted by Gasteiger charge is 2.32. The van der Waals surface area contributed by atoms with Crippen LogP contribution in [0, 0.1) is 6.92 Å². The van der Waals surface area contributed by atoms with Crippen molar-refractivity contribution in [2.75, 3.05) is 13.1 Å². The zero-order valence-electron chi connectivity index (χ0n) is 14.7. The first-order valence-corrected chi connectivity index (χ1v) is 9.50. The van der Waals surface area contributed by atoms with Gasteiger partial charge in [-0.15, -0.1) is 0 Å². The number of ether oxygens (including phenoxy) is 1. The Kier molecular flexibility index (Phi) is 4.59. The molecule has 26 heavy (non-hydrogen) atoms. The van der Waals surface area contributed by atoms with Crippen LogP contribution < -0.4 is 0 Å². The van der Waals surface area contributed by atoms with Crippen molar-refractivity contribution in [3.63, 3.8) is 0 Å². The molecule has 0 bridgehead atoms. The summed E-state index contributed by atoms with van der Waals surface area (Å²) < 4.78 is 12.9. The lowest BCUT2D eigenvalue weighted by Crippen LogP contribution is -2.46. The van der Waals surface area contributed by atoms with Gasteiger partial charge in [-0.05, 0) is 37.6 Å². The SMILES string of the molecule is Cc1c(C(=O)N2CC(C)OC(c3ccccc3)C2)oc2ccc(Br)cc12. The summed E-state index contributed by atoms with van der Waals surface area (Å²) in [7, 11) is 0. The first-order valence-electron chi connectivity index (χ1n) is 8.71. The number of nitrogens with zero attached hydrogens (tertiary/aromatic N) is 1. The molecule has 1 aliphatic heterocycles. The van der Waals surface area contributed by atoms with Gasteiger partial charge in [-0.2, -0.15) is 0 Å². The Balaban J connectivity index is 1.64. The summed E-state index contributed by atoms with van der Waals surface area (Å²) in [5.74, 6) is 0.338. The van der Waals surface area contributed by atoms with E-state index in [2.05, 4.69) is 15.9 Å². The number of aryl methyl sites for hydroxylation is 1. The van der Waals surface area contributed by atoms with Crippen LogP contribution in [0.4, 0.5) is 0 Å². The second-order valence-electron chi connectivity index (χ2n) is 6.75. The van der Waals surface area contributed by atoms with E-state index in [0.29, 0.717) is 18.8 Å². The third kappa shape index (κ3) is 3.17. The first-order chi connectivity index (χ1) is 12.5. The van der Waals surface area contributed by atoms with Crippen molar-refractivity contribution in [3.8, 4) is 0 Å². The van der Waals surface area contributed by atoms with Gasteiger partial charge < -0.3 is 14.1 Å². The molecule has 1 amide bonds. The van der Waals surface area contributed by atoms with Crippen molar-refractivity contribution in [2.45, 2.75) is 26.1 Å². The number of hydrogen-bond acceptors (Lipinski definition) is 3. The van der Waals surface area contributed by atoms with E-state index in [9.17, 15) is 4.79 Å². The Morgan fingerprint density at radius 3 is 2.69 bits per heavy atom. The summed E-state index contributed by atoms with van der Waals surface area (Å²) in [4.78, 5) is 15.0. The maximum absolute atomic E-state index is 13.2. The molecule has 2 heterocycles. The number of morpholine rings is 1. The van der Waals surface area contributed by atoms with Crippen LogP contribution in [0.15, 0.2) is 57.4 Å². The van der Waals surface area contributed by atoms with Gasteiger partial charge in [0, 0.05) is 22.0 Å². The monoisotopic (exact) mass is 413 g/mol. The Morgan fingerprint density at radius 2 is 1.92 bits per heavy atom. The quantitative estimate of drug-likeness (QED) is 0.586. The number of fused-ring (bicyclic) bond motifs is 1. The van der Waals surface area contributed by atoms with Crippen LogP contribution in [0.25, 0.3) is 11.0 Å². The maximum Gasteiger partial charge on any atom is 0.290 e. The highest BCUT2D eigenvalue weighted by Crippen LogP contribution is 2.31. The summed E-state index contributed by atoms with van der Waals surface area (Å²) in [6.45, 7) is 5.01. The summed E-state index contributed by atoms with van der Waals surface area (Å²) >= 11 is 3.48. The average Bonchev–Trinajstić information content (AvgIpc) is 2.97. The van der Waals surface area contributed by atoms with Gasteiger partial charge in [-0.25, -0.2) is 0 Å². The van der Waals surface area contributed by atoms with Gasteiger partial charge >= 0.3 is 0 Å². The van der Waals surface area contributed by atoms with Gasteiger partial charge in [0.1, 0.15) is 11.7 Å². The summed E-state index contributed by atoms with van der Waals surface area (Å²) in [5, 5.41) is 0.962. The van der Waals surface area contributed by atoms with E-state index in [1.165, 1.54) is 0 Å². The summed E-state index contributed by atoms with van der Waals surface area (Å²) in [5.41, 5.74) is 2.69. The van der Waals surface area contributed by atoms with Gasteiger partial charge in [0.05, 0.1) is 12.6 Å². The minimum absolute atomic E-state index is 0.0308. The topological polar surface area (TPSA) is 42.7 Å². The molecular formula is C21H20BrNO3. The van der Waals surface area contributed by atoms with E-state index >= 15 is 0 Å². The molecule has 1 saturated heterocycles. The normalized spacial score (nSPS) is 20.5. The van der Waals surface area contributed by atoms with Crippen LogP contribution in [0.3, 0.4) is 0 Å². The maximum atomic E-state index is 13.2. The van der Waals surface area contributed by atoms with E-state index in [1.807, 2.05) is 67.3 Å². The third-order valence-corrected chi connectivity index (χ3v) is 5.30. The molecule has 0 saturated carbocycles. The Hall–Kier alpha value is -2.11. The van der Waals surface area contributed by atoms with E-state index in [4.69, 9.17) is 9.15 Å².